The zero-order valence-corrected chi connectivity index (χ0v) is 11.0. The summed E-state index contributed by atoms with van der Waals surface area (Å²) in [7, 11) is -4.02. The number of methoxy groups -OCH3 is 1. The minimum absolute atomic E-state index is 0.0316. The molecule has 0 radical (unpaired) electrons. The van der Waals surface area contributed by atoms with E-state index in [0.29, 0.717) is 15.6 Å². The monoisotopic (exact) mass is 295 g/mol. The van der Waals surface area contributed by atoms with Crippen molar-refractivity contribution in [2.45, 2.75) is 24.9 Å². The van der Waals surface area contributed by atoms with Crippen LogP contribution in [0.15, 0.2) is 18.2 Å². The SMILES string of the molecule is COc1ccc2c(c1)N(S(=O)(=O)C(F)(F)F)[C@H](C)C2. The van der Waals surface area contributed by atoms with Crippen molar-refractivity contribution < 1.29 is 26.3 Å². The average molecular weight is 295 g/mol. The number of hydrogen-bond acceptors (Lipinski definition) is 3. The van der Waals surface area contributed by atoms with Crippen molar-refractivity contribution in [1.29, 1.82) is 0 Å². The van der Waals surface area contributed by atoms with Gasteiger partial charge in [0.05, 0.1) is 12.8 Å². The van der Waals surface area contributed by atoms with Crippen LogP contribution in [0.25, 0.3) is 0 Å². The van der Waals surface area contributed by atoms with Gasteiger partial charge in [-0.1, -0.05) is 6.07 Å². The molecule has 1 heterocycles. The second-order valence-electron chi connectivity index (χ2n) is 4.29. The standard InChI is InChI=1S/C11H12F3NO3S/c1-7-5-8-3-4-9(18-2)6-10(8)15(7)19(16,17)11(12,13)14/h3-4,6-7H,5H2,1-2H3/t7-/m1/s1. The molecule has 0 aliphatic carbocycles. The molecule has 0 spiro atoms. The molecule has 1 aromatic rings. The van der Waals surface area contributed by atoms with E-state index in [-0.39, 0.29) is 12.1 Å². The van der Waals surface area contributed by atoms with E-state index in [0.717, 1.165) is 0 Å². The highest BCUT2D eigenvalue weighted by Crippen LogP contribution is 2.41. The Kier molecular flexibility index (Phi) is 3.16. The summed E-state index contributed by atoms with van der Waals surface area (Å²) in [4.78, 5) is 0. The highest BCUT2D eigenvalue weighted by atomic mass is 32.2. The van der Waals surface area contributed by atoms with Crippen LogP contribution in [-0.2, 0) is 16.4 Å². The summed E-state index contributed by atoms with van der Waals surface area (Å²) in [6.07, 6.45) is 0.245. The fraction of sp³-hybridized carbons (Fsp3) is 0.455. The number of hydrogen-bond donors (Lipinski definition) is 0. The molecule has 0 bridgehead atoms. The second-order valence-corrected chi connectivity index (χ2v) is 6.10. The summed E-state index contributed by atoms with van der Waals surface area (Å²) < 4.78 is 66.5. The van der Waals surface area contributed by atoms with Crippen LogP contribution < -0.4 is 9.04 Å². The molecule has 1 aliphatic rings. The molecule has 8 heteroatoms. The number of anilines is 1. The van der Waals surface area contributed by atoms with Crippen molar-refractivity contribution in [3.8, 4) is 5.75 Å². The molecule has 0 unspecified atom stereocenters. The minimum Gasteiger partial charge on any atom is -0.497 e. The Morgan fingerprint density at radius 1 is 1.37 bits per heavy atom. The molecule has 0 N–H and O–H groups in total. The highest BCUT2D eigenvalue weighted by molar-refractivity contribution is 7.93. The van der Waals surface area contributed by atoms with Crippen LogP contribution in [0.2, 0.25) is 0 Å². The lowest BCUT2D eigenvalue weighted by Crippen LogP contribution is -2.43. The van der Waals surface area contributed by atoms with Crippen molar-refractivity contribution in [3.05, 3.63) is 23.8 Å². The van der Waals surface area contributed by atoms with Gasteiger partial charge in [0.15, 0.2) is 0 Å². The first kappa shape index (κ1) is 14.0. The van der Waals surface area contributed by atoms with Crippen LogP contribution in [-0.4, -0.2) is 27.1 Å². The number of nitrogens with zero attached hydrogens (tertiary/aromatic N) is 1. The molecule has 106 valence electrons. The van der Waals surface area contributed by atoms with Gasteiger partial charge in [0.25, 0.3) is 0 Å². The van der Waals surface area contributed by atoms with E-state index in [1.807, 2.05) is 0 Å². The number of benzene rings is 1. The third-order valence-electron chi connectivity index (χ3n) is 3.00. The Labute approximate surface area is 108 Å². The van der Waals surface area contributed by atoms with Crippen LogP contribution in [0.5, 0.6) is 5.75 Å². The number of alkyl halides is 3. The lowest BCUT2D eigenvalue weighted by molar-refractivity contribution is -0.0439. The quantitative estimate of drug-likeness (QED) is 0.841. The Hall–Kier alpha value is -1.44. The molecule has 4 nitrogen and oxygen atoms in total. The van der Waals surface area contributed by atoms with Crippen molar-refractivity contribution in [3.63, 3.8) is 0 Å². The number of fused-ring (bicyclic) bond motifs is 1. The first-order valence-electron chi connectivity index (χ1n) is 5.46. The molecule has 0 fully saturated rings. The predicted octanol–water partition coefficient (Wildman–Crippen LogP) is 2.30. The molecule has 0 aromatic heterocycles. The normalized spacial score (nSPS) is 19.4. The molecule has 2 rings (SSSR count). The maximum atomic E-state index is 12.7. The molecule has 0 saturated carbocycles. The van der Waals surface area contributed by atoms with Gasteiger partial charge >= 0.3 is 15.5 Å². The summed E-state index contributed by atoms with van der Waals surface area (Å²) in [5.74, 6) is 0.315. The van der Waals surface area contributed by atoms with Crippen LogP contribution in [0.3, 0.4) is 0 Å². The molecule has 19 heavy (non-hydrogen) atoms. The number of rotatable bonds is 2. The molecule has 0 saturated heterocycles. The van der Waals surface area contributed by atoms with Gasteiger partial charge in [0.1, 0.15) is 5.75 Å². The van der Waals surface area contributed by atoms with Gasteiger partial charge in [-0.05, 0) is 25.0 Å². The van der Waals surface area contributed by atoms with E-state index in [9.17, 15) is 21.6 Å². The molecule has 1 aliphatic heterocycles. The smallest absolute Gasteiger partial charge is 0.497 e. The fourth-order valence-corrected chi connectivity index (χ4v) is 3.37. The Balaban J connectivity index is 2.57. The lowest BCUT2D eigenvalue weighted by atomic mass is 10.1. The minimum atomic E-state index is -5.39. The maximum absolute atomic E-state index is 12.7. The Bertz CT molecular complexity index is 598. The van der Waals surface area contributed by atoms with Crippen LogP contribution in [0, 0.1) is 0 Å². The third kappa shape index (κ3) is 2.13. The molecular weight excluding hydrogens is 283 g/mol. The van der Waals surface area contributed by atoms with Crippen molar-refractivity contribution in [2.24, 2.45) is 0 Å². The average Bonchev–Trinajstić information content (AvgIpc) is 2.62. The van der Waals surface area contributed by atoms with Gasteiger partial charge in [-0.2, -0.15) is 21.6 Å². The van der Waals surface area contributed by atoms with E-state index in [1.54, 1.807) is 12.1 Å². The van der Waals surface area contributed by atoms with Crippen molar-refractivity contribution >= 4 is 15.7 Å². The van der Waals surface area contributed by atoms with Crippen molar-refractivity contribution in [1.82, 2.24) is 0 Å². The summed E-state index contributed by atoms with van der Waals surface area (Å²) in [5.41, 5.74) is -4.73. The Morgan fingerprint density at radius 2 is 2.00 bits per heavy atom. The third-order valence-corrected chi connectivity index (χ3v) is 4.66. The van der Waals surface area contributed by atoms with Gasteiger partial charge in [-0.3, -0.25) is 4.31 Å². The van der Waals surface area contributed by atoms with Gasteiger partial charge in [-0.15, -0.1) is 0 Å². The highest BCUT2D eigenvalue weighted by Gasteiger charge is 2.53. The van der Waals surface area contributed by atoms with Crippen LogP contribution in [0.1, 0.15) is 12.5 Å². The van der Waals surface area contributed by atoms with Crippen molar-refractivity contribution in [2.75, 3.05) is 11.4 Å². The van der Waals surface area contributed by atoms with E-state index in [1.165, 1.54) is 20.1 Å². The fourth-order valence-electron chi connectivity index (χ4n) is 2.16. The summed E-state index contributed by atoms with van der Waals surface area (Å²) in [6.45, 7) is 1.44. The lowest BCUT2D eigenvalue weighted by Gasteiger charge is -2.25. The topological polar surface area (TPSA) is 46.6 Å². The number of sulfonamides is 1. The number of halogens is 3. The first-order chi connectivity index (χ1) is 8.68. The van der Waals surface area contributed by atoms with E-state index in [2.05, 4.69) is 0 Å². The Morgan fingerprint density at radius 3 is 2.53 bits per heavy atom. The van der Waals surface area contributed by atoms with Gasteiger partial charge in [0.2, 0.25) is 0 Å². The summed E-state index contributed by atoms with van der Waals surface area (Å²) >= 11 is 0. The van der Waals surface area contributed by atoms with Crippen LogP contribution >= 0.6 is 0 Å². The molecule has 1 atom stereocenters. The number of ether oxygens (including phenoxy) is 1. The van der Waals surface area contributed by atoms with Gasteiger partial charge in [-0.25, -0.2) is 0 Å². The van der Waals surface area contributed by atoms with Gasteiger partial charge in [0, 0.05) is 12.1 Å². The van der Waals surface area contributed by atoms with E-state index >= 15 is 0 Å². The summed E-state index contributed by atoms with van der Waals surface area (Å²) in [5, 5.41) is 0. The largest absolute Gasteiger partial charge is 0.516 e. The molecule has 0 amide bonds. The van der Waals surface area contributed by atoms with Gasteiger partial charge < -0.3 is 4.74 Å². The zero-order valence-electron chi connectivity index (χ0n) is 10.2. The maximum Gasteiger partial charge on any atom is 0.516 e. The molecule has 1 aromatic carbocycles. The molecular formula is C11H12F3NO3S. The summed E-state index contributed by atoms with van der Waals surface area (Å²) in [6, 6.07) is 3.71. The van der Waals surface area contributed by atoms with Crippen LogP contribution in [0.4, 0.5) is 18.9 Å². The van der Waals surface area contributed by atoms with E-state index < -0.39 is 21.6 Å². The van der Waals surface area contributed by atoms with E-state index in [4.69, 9.17) is 4.74 Å². The zero-order chi connectivity index (χ0) is 14.4. The predicted molar refractivity (Wildman–Crippen MR) is 63.6 cm³/mol. The second kappa shape index (κ2) is 4.29. The first-order valence-corrected chi connectivity index (χ1v) is 6.90.